The fourth-order valence-electron chi connectivity index (χ4n) is 3.20. The van der Waals surface area contributed by atoms with E-state index < -0.39 is 0 Å². The fraction of sp³-hybridized carbons (Fsp3) is 0.750. The highest BCUT2D eigenvalue weighted by Gasteiger charge is 2.40. The summed E-state index contributed by atoms with van der Waals surface area (Å²) in [5, 5.41) is 0. The molecule has 0 saturated carbocycles. The first-order valence-corrected chi connectivity index (χ1v) is 8.19. The van der Waals surface area contributed by atoms with Crippen LogP contribution in [-0.2, 0) is 0 Å². The van der Waals surface area contributed by atoms with Crippen LogP contribution in [0.4, 0.5) is 0 Å². The summed E-state index contributed by atoms with van der Waals surface area (Å²) in [5.74, 6) is 1.75. The van der Waals surface area contributed by atoms with Gasteiger partial charge in [-0.15, -0.1) is 0 Å². The van der Waals surface area contributed by atoms with Gasteiger partial charge in [-0.25, -0.2) is 9.97 Å². The molecule has 1 aromatic heterocycles. The lowest BCUT2D eigenvalue weighted by Crippen LogP contribution is -2.32. The van der Waals surface area contributed by atoms with Gasteiger partial charge in [0.05, 0.1) is 6.61 Å². The molecule has 0 N–H and O–H groups in total. The van der Waals surface area contributed by atoms with Crippen molar-refractivity contribution < 1.29 is 9.47 Å². The van der Waals surface area contributed by atoms with Crippen molar-refractivity contribution in [3.8, 4) is 11.8 Å². The van der Waals surface area contributed by atoms with E-state index in [2.05, 4.69) is 21.8 Å². The monoisotopic (exact) mass is 291 g/mol. The van der Waals surface area contributed by atoms with Crippen LogP contribution < -0.4 is 9.47 Å². The molecule has 2 fully saturated rings. The van der Waals surface area contributed by atoms with Gasteiger partial charge in [-0.1, -0.05) is 26.2 Å². The van der Waals surface area contributed by atoms with Crippen molar-refractivity contribution in [1.82, 2.24) is 14.9 Å². The third-order valence-corrected chi connectivity index (χ3v) is 4.41. The summed E-state index contributed by atoms with van der Waals surface area (Å²) in [6, 6.07) is 0. The first-order chi connectivity index (χ1) is 10.4. The quantitative estimate of drug-likeness (QED) is 0.689. The molecule has 1 unspecified atom stereocenters. The van der Waals surface area contributed by atoms with Gasteiger partial charge in [0.1, 0.15) is 6.10 Å². The first kappa shape index (κ1) is 14.6. The molecular weight excluding hydrogens is 266 g/mol. The molecule has 0 radical (unpaired) electrons. The number of hydrogen-bond donors (Lipinski definition) is 0. The van der Waals surface area contributed by atoms with Crippen LogP contribution in [-0.4, -0.2) is 47.2 Å². The van der Waals surface area contributed by atoms with Crippen molar-refractivity contribution in [1.29, 1.82) is 0 Å². The molecule has 3 heterocycles. The van der Waals surface area contributed by atoms with E-state index in [-0.39, 0.29) is 6.10 Å². The summed E-state index contributed by atoms with van der Waals surface area (Å²) >= 11 is 0. The van der Waals surface area contributed by atoms with Gasteiger partial charge in [-0.3, -0.25) is 4.90 Å². The Hall–Kier alpha value is -1.36. The Kier molecular flexibility index (Phi) is 4.91. The second-order valence-corrected chi connectivity index (χ2v) is 6.04. The van der Waals surface area contributed by atoms with E-state index in [4.69, 9.17) is 9.47 Å². The zero-order chi connectivity index (χ0) is 14.5. The predicted octanol–water partition coefficient (Wildman–Crippen LogP) is 2.52. The molecule has 3 rings (SSSR count). The van der Waals surface area contributed by atoms with Crippen LogP contribution in [0.1, 0.15) is 39.0 Å². The van der Waals surface area contributed by atoms with E-state index >= 15 is 0 Å². The van der Waals surface area contributed by atoms with E-state index in [0.29, 0.717) is 24.3 Å². The minimum Gasteiger partial charge on any atom is -0.474 e. The molecule has 1 aromatic rings. The highest BCUT2D eigenvalue weighted by Crippen LogP contribution is 2.32. The summed E-state index contributed by atoms with van der Waals surface area (Å²) in [4.78, 5) is 11.0. The molecule has 0 aliphatic carbocycles. The molecule has 0 aromatic carbocycles. The van der Waals surface area contributed by atoms with Gasteiger partial charge in [0.25, 0.3) is 11.8 Å². The number of fused-ring (bicyclic) bond motifs is 2. The van der Waals surface area contributed by atoms with Crippen LogP contribution in [0.3, 0.4) is 0 Å². The van der Waals surface area contributed by atoms with Crippen LogP contribution >= 0.6 is 0 Å². The van der Waals surface area contributed by atoms with Crippen molar-refractivity contribution >= 4 is 0 Å². The normalized spacial score (nSPS) is 27.0. The molecule has 2 aliphatic heterocycles. The maximum absolute atomic E-state index is 6.08. The number of nitrogens with zero attached hydrogens (tertiary/aromatic N) is 3. The third kappa shape index (κ3) is 3.64. The van der Waals surface area contributed by atoms with Gasteiger partial charge in [0, 0.05) is 31.4 Å². The lowest BCUT2D eigenvalue weighted by molar-refractivity contribution is 0.127. The van der Waals surface area contributed by atoms with Crippen LogP contribution in [0.2, 0.25) is 0 Å². The second kappa shape index (κ2) is 7.07. The van der Waals surface area contributed by atoms with Gasteiger partial charge in [0.15, 0.2) is 0 Å². The second-order valence-electron chi connectivity index (χ2n) is 6.04. The van der Waals surface area contributed by atoms with Gasteiger partial charge in [0.2, 0.25) is 0 Å². The zero-order valence-corrected chi connectivity index (χ0v) is 12.8. The number of unbranched alkanes of at least 4 members (excludes halogenated alkanes) is 3. The minimum absolute atomic E-state index is 0.248. The van der Waals surface area contributed by atoms with Crippen molar-refractivity contribution in [3.05, 3.63) is 12.4 Å². The van der Waals surface area contributed by atoms with Crippen LogP contribution in [0.5, 0.6) is 11.8 Å². The molecule has 5 heteroatoms. The molecule has 2 bridgehead atoms. The summed E-state index contributed by atoms with van der Waals surface area (Å²) in [5.41, 5.74) is 0. The number of hydrogen-bond acceptors (Lipinski definition) is 5. The highest BCUT2D eigenvalue weighted by molar-refractivity contribution is 5.24. The SMILES string of the molecule is CCCCCCOc1nccnc1O[C@H]1CN2CC[C@H]1C2. The van der Waals surface area contributed by atoms with E-state index in [0.717, 1.165) is 19.5 Å². The first-order valence-electron chi connectivity index (χ1n) is 8.19. The standard InChI is InChI=1S/C16H25N3O2/c1-2-3-4-5-10-20-15-16(18-8-7-17-15)21-14-12-19-9-6-13(14)11-19/h7-8,13-14H,2-6,9-12H2,1H3/t13-,14-/m0/s1. The van der Waals surface area contributed by atoms with Gasteiger partial charge in [-0.05, 0) is 19.4 Å². The Labute approximate surface area is 126 Å². The summed E-state index contributed by atoms with van der Waals surface area (Å²) in [7, 11) is 0. The van der Waals surface area contributed by atoms with Crippen LogP contribution in [0, 0.1) is 5.92 Å². The molecule has 21 heavy (non-hydrogen) atoms. The zero-order valence-electron chi connectivity index (χ0n) is 12.8. The maximum Gasteiger partial charge on any atom is 0.278 e. The molecule has 2 aliphatic rings. The van der Waals surface area contributed by atoms with E-state index in [1.807, 2.05) is 0 Å². The maximum atomic E-state index is 6.08. The average molecular weight is 291 g/mol. The molecule has 116 valence electrons. The summed E-state index contributed by atoms with van der Waals surface area (Å²) in [6.07, 6.45) is 9.57. The summed E-state index contributed by atoms with van der Waals surface area (Å²) < 4.78 is 11.8. The predicted molar refractivity (Wildman–Crippen MR) is 80.6 cm³/mol. The van der Waals surface area contributed by atoms with Gasteiger partial charge < -0.3 is 9.47 Å². The van der Waals surface area contributed by atoms with E-state index in [9.17, 15) is 0 Å². The smallest absolute Gasteiger partial charge is 0.278 e. The Morgan fingerprint density at radius 2 is 2.00 bits per heavy atom. The van der Waals surface area contributed by atoms with Gasteiger partial charge in [-0.2, -0.15) is 0 Å². The minimum atomic E-state index is 0.248. The lowest BCUT2D eigenvalue weighted by Gasteiger charge is -2.23. The molecule has 2 saturated heterocycles. The lowest BCUT2D eigenvalue weighted by atomic mass is 10.0. The van der Waals surface area contributed by atoms with Gasteiger partial charge >= 0.3 is 0 Å². The van der Waals surface area contributed by atoms with Crippen molar-refractivity contribution in [3.63, 3.8) is 0 Å². The third-order valence-electron chi connectivity index (χ3n) is 4.41. The Morgan fingerprint density at radius 3 is 2.71 bits per heavy atom. The molecule has 3 atom stereocenters. The largest absolute Gasteiger partial charge is 0.474 e. The molecule has 0 amide bonds. The number of aromatic nitrogens is 2. The average Bonchev–Trinajstić information content (AvgIpc) is 3.11. The fourth-order valence-corrected chi connectivity index (χ4v) is 3.20. The molecular formula is C16H25N3O2. The highest BCUT2D eigenvalue weighted by atomic mass is 16.5. The van der Waals surface area contributed by atoms with Crippen molar-refractivity contribution in [2.45, 2.75) is 45.1 Å². The van der Waals surface area contributed by atoms with E-state index in [1.54, 1.807) is 12.4 Å². The Bertz CT molecular complexity index is 455. The molecule has 5 nitrogen and oxygen atoms in total. The summed E-state index contributed by atoms with van der Waals surface area (Å²) in [6.45, 7) is 6.29. The number of rotatable bonds is 8. The van der Waals surface area contributed by atoms with Crippen LogP contribution in [0.15, 0.2) is 12.4 Å². The van der Waals surface area contributed by atoms with Crippen molar-refractivity contribution in [2.24, 2.45) is 5.92 Å². The number of ether oxygens (including phenoxy) is 2. The van der Waals surface area contributed by atoms with Crippen molar-refractivity contribution in [2.75, 3.05) is 26.2 Å². The topological polar surface area (TPSA) is 47.5 Å². The molecule has 0 spiro atoms. The van der Waals surface area contributed by atoms with E-state index in [1.165, 1.54) is 32.2 Å². The Balaban J connectivity index is 1.52. The number of piperidine rings is 1. The Morgan fingerprint density at radius 1 is 1.14 bits per heavy atom. The van der Waals surface area contributed by atoms with Crippen LogP contribution in [0.25, 0.3) is 0 Å².